The standard InChI is InChI=1S/C17H26O6S2.C12H22O5S/c1-13-6-8-15(9-7-13)25(19,20)24-14(2)22-11-10-21-12-16(18)23-17(3,4)5;1-9(13)18-10(2)16-7-6-15-8-11(14)17-12(3,4)5/h6-9,14H,10-12H2,1-5H3;10H,6-8H2,1-5H3/t;10-/m.0/s1. The van der Waals surface area contributed by atoms with E-state index < -0.39 is 37.4 Å². The van der Waals surface area contributed by atoms with Gasteiger partial charge in [-0.2, -0.15) is 0 Å². The first kappa shape index (κ1) is 41.3. The smallest absolute Gasteiger partial charge is 0.332 e. The topological polar surface area (TPSA) is 141 Å². The highest BCUT2D eigenvalue weighted by atomic mass is 33.1. The minimum atomic E-state index is -3.48. The van der Waals surface area contributed by atoms with E-state index in [1.165, 1.54) is 6.92 Å². The Morgan fingerprint density at radius 2 is 1.16 bits per heavy atom. The van der Waals surface area contributed by atoms with Gasteiger partial charge in [0.2, 0.25) is 8.87 Å². The predicted octanol–water partition coefficient (Wildman–Crippen LogP) is 5.12. The molecule has 1 aromatic rings. The van der Waals surface area contributed by atoms with Crippen LogP contribution in [0.1, 0.15) is 67.9 Å². The van der Waals surface area contributed by atoms with E-state index >= 15 is 0 Å². The summed E-state index contributed by atoms with van der Waals surface area (Å²) in [5.41, 5.74) is -0.810. The van der Waals surface area contributed by atoms with Crippen LogP contribution in [0.25, 0.3) is 0 Å². The van der Waals surface area contributed by atoms with Crippen molar-refractivity contribution in [3.63, 3.8) is 0 Å². The molecule has 0 amide bonds. The maximum Gasteiger partial charge on any atom is 0.332 e. The highest BCUT2D eigenvalue weighted by Gasteiger charge is 2.20. The molecule has 1 rings (SSSR count). The van der Waals surface area contributed by atoms with Crippen molar-refractivity contribution < 1.29 is 51.2 Å². The number of hydrogen-bond donors (Lipinski definition) is 0. The van der Waals surface area contributed by atoms with Gasteiger partial charge in [0.05, 0.1) is 31.3 Å². The molecule has 0 bridgehead atoms. The van der Waals surface area contributed by atoms with Gasteiger partial charge in [0, 0.05) is 17.7 Å². The number of carbonyl (C=O) groups excluding carboxylic acids is 3. The van der Waals surface area contributed by atoms with Crippen LogP contribution in [0.15, 0.2) is 29.2 Å². The lowest BCUT2D eigenvalue weighted by Crippen LogP contribution is -2.27. The first-order chi connectivity index (χ1) is 19.7. The van der Waals surface area contributed by atoms with Crippen LogP contribution in [0.5, 0.6) is 0 Å². The van der Waals surface area contributed by atoms with Crippen molar-refractivity contribution in [2.24, 2.45) is 0 Å². The summed E-state index contributed by atoms with van der Waals surface area (Å²) in [6, 6.07) is 6.66. The highest BCUT2D eigenvalue weighted by Crippen LogP contribution is 2.28. The molecule has 0 aliphatic heterocycles. The van der Waals surface area contributed by atoms with E-state index in [9.17, 15) is 22.8 Å². The van der Waals surface area contributed by atoms with Crippen molar-refractivity contribution in [3.8, 4) is 0 Å². The first-order valence-corrected chi connectivity index (χ1v) is 17.5. The molecule has 0 aromatic heterocycles. The van der Waals surface area contributed by atoms with Gasteiger partial charge in [-0.3, -0.25) is 4.79 Å². The molecule has 2 atom stereocenters. The monoisotopic (exact) mass is 668 g/mol. The maximum absolute atomic E-state index is 12.3. The van der Waals surface area contributed by atoms with Gasteiger partial charge in [-0.05, 0) is 74.4 Å². The number of rotatable bonds is 16. The summed E-state index contributed by atoms with van der Waals surface area (Å²) in [5, 5.41) is 0.0113. The molecule has 1 aromatic carbocycles. The Bertz CT molecular complexity index is 1080. The fourth-order valence-corrected chi connectivity index (χ4v) is 6.46. The van der Waals surface area contributed by atoms with Crippen molar-refractivity contribution >= 4 is 48.5 Å². The second-order valence-corrected chi connectivity index (χ2v) is 16.7. The molecule has 1 unspecified atom stereocenters. The molecule has 0 saturated carbocycles. The van der Waals surface area contributed by atoms with Crippen LogP contribution in [0.4, 0.5) is 0 Å². The summed E-state index contributed by atoms with van der Waals surface area (Å²) < 4.78 is 55.7. The van der Waals surface area contributed by atoms with Crippen LogP contribution in [-0.4, -0.2) is 87.2 Å². The molecule has 248 valence electrons. The number of ether oxygens (including phenoxy) is 6. The van der Waals surface area contributed by atoms with E-state index in [2.05, 4.69) is 0 Å². The van der Waals surface area contributed by atoms with Crippen LogP contribution in [0, 0.1) is 6.92 Å². The zero-order valence-electron chi connectivity index (χ0n) is 26.9. The Kier molecular flexibility index (Phi) is 19.6. The van der Waals surface area contributed by atoms with E-state index in [0.717, 1.165) is 28.1 Å². The lowest BCUT2D eigenvalue weighted by molar-refractivity contribution is -0.161. The molecule has 0 heterocycles. The van der Waals surface area contributed by atoms with Crippen LogP contribution >= 0.6 is 22.6 Å². The number of hydrogen-bond acceptors (Lipinski definition) is 13. The average Bonchev–Trinajstić information content (AvgIpc) is 2.81. The number of thioether (sulfide) groups is 1. The number of carbonyl (C=O) groups is 3. The fraction of sp³-hybridized carbons (Fsp3) is 0.690. The van der Waals surface area contributed by atoms with Crippen molar-refractivity contribution in [2.45, 2.75) is 96.2 Å². The van der Waals surface area contributed by atoms with Gasteiger partial charge in [-0.15, -0.1) is 0 Å². The Labute approximate surface area is 264 Å². The summed E-state index contributed by atoms with van der Waals surface area (Å²) in [6.45, 7) is 18.3. The lowest BCUT2D eigenvalue weighted by atomic mass is 10.2. The van der Waals surface area contributed by atoms with Crippen molar-refractivity contribution in [2.75, 3.05) is 39.6 Å². The Hall–Kier alpha value is -1.68. The predicted molar refractivity (Wildman–Crippen MR) is 168 cm³/mol. The molecule has 0 radical (unpaired) electrons. The lowest BCUT2D eigenvalue weighted by Gasteiger charge is -2.19. The molecule has 0 aliphatic rings. The SMILES string of the molecule is CC(=O)S[C@@H](C)OCCOCC(=O)OC(C)(C)C.Cc1ccc(S(=O)(=O)SC(C)OCCOCC(=O)OC(C)(C)C)cc1. The van der Waals surface area contributed by atoms with Gasteiger partial charge in [-0.1, -0.05) is 29.5 Å². The van der Waals surface area contributed by atoms with Gasteiger partial charge >= 0.3 is 11.9 Å². The van der Waals surface area contributed by atoms with Crippen LogP contribution < -0.4 is 0 Å². The van der Waals surface area contributed by atoms with E-state index in [0.29, 0.717) is 13.2 Å². The summed E-state index contributed by atoms with van der Waals surface area (Å²) in [6.07, 6.45) is 0. The third-order valence-corrected chi connectivity index (χ3v) is 8.80. The van der Waals surface area contributed by atoms with Crippen molar-refractivity contribution in [3.05, 3.63) is 29.8 Å². The van der Waals surface area contributed by atoms with E-state index in [4.69, 9.17) is 28.4 Å². The molecule has 14 heteroatoms. The number of esters is 2. The maximum atomic E-state index is 12.3. The molecule has 0 fully saturated rings. The van der Waals surface area contributed by atoms with Gasteiger partial charge in [0.15, 0.2) is 5.12 Å². The summed E-state index contributed by atoms with van der Waals surface area (Å²) >= 11 is 1.12. The highest BCUT2D eigenvalue weighted by molar-refractivity contribution is 8.72. The summed E-state index contributed by atoms with van der Waals surface area (Å²) in [4.78, 5) is 33.7. The quantitative estimate of drug-likeness (QED) is 0.0996. The Morgan fingerprint density at radius 1 is 0.744 bits per heavy atom. The van der Waals surface area contributed by atoms with E-state index in [1.807, 2.05) is 6.92 Å². The summed E-state index contributed by atoms with van der Waals surface area (Å²) in [7, 11) is -2.74. The Balaban J connectivity index is 0.000000869. The molecule has 43 heavy (non-hydrogen) atoms. The fourth-order valence-electron chi connectivity index (χ4n) is 2.83. The van der Waals surface area contributed by atoms with Gasteiger partial charge < -0.3 is 28.4 Å². The largest absolute Gasteiger partial charge is 0.458 e. The molecule has 0 saturated heterocycles. The van der Waals surface area contributed by atoms with Crippen molar-refractivity contribution in [1.82, 2.24) is 0 Å². The van der Waals surface area contributed by atoms with E-state index in [1.54, 1.807) is 79.7 Å². The molecular weight excluding hydrogens is 621 g/mol. The first-order valence-electron chi connectivity index (χ1n) is 13.7. The second-order valence-electron chi connectivity index (χ2n) is 11.1. The average molecular weight is 669 g/mol. The molecule has 11 nitrogen and oxygen atoms in total. The van der Waals surface area contributed by atoms with Crippen LogP contribution in [0.2, 0.25) is 0 Å². The van der Waals surface area contributed by atoms with E-state index in [-0.39, 0.29) is 41.9 Å². The zero-order chi connectivity index (χ0) is 33.3. The Morgan fingerprint density at radius 3 is 1.56 bits per heavy atom. The summed E-state index contributed by atoms with van der Waals surface area (Å²) in [5.74, 6) is -0.842. The third-order valence-electron chi connectivity index (χ3n) is 4.34. The molecule has 0 spiro atoms. The molecule has 0 N–H and O–H groups in total. The minimum absolute atomic E-state index is 0.0113. The van der Waals surface area contributed by atoms with Gasteiger partial charge in [-0.25, -0.2) is 18.0 Å². The zero-order valence-corrected chi connectivity index (χ0v) is 29.4. The van der Waals surface area contributed by atoms with Gasteiger partial charge in [0.1, 0.15) is 35.3 Å². The van der Waals surface area contributed by atoms with Crippen LogP contribution in [-0.2, 0) is 51.7 Å². The molecular formula is C29H48O11S3. The normalized spacial score (nSPS) is 13.3. The number of aryl methyl sites for hydroxylation is 1. The minimum Gasteiger partial charge on any atom is -0.458 e. The molecule has 0 aliphatic carbocycles. The van der Waals surface area contributed by atoms with Crippen LogP contribution in [0.3, 0.4) is 0 Å². The second kappa shape index (κ2) is 20.4. The number of benzene rings is 1. The van der Waals surface area contributed by atoms with Gasteiger partial charge in [0.25, 0.3) is 0 Å². The van der Waals surface area contributed by atoms with Crippen molar-refractivity contribution in [1.29, 1.82) is 0 Å². The third kappa shape index (κ3) is 24.3.